The standard InChI is InChI=1S/C29H26Br2N2O/c30-23-11-15-25(16-12-23)32-19-27(21-7-3-1-4-8-21)29(34)28(22-9-5-2-6-10-22)20-33-26-17-13-24(31)14-18-26/h1-18,27-28,32-33H,19-20H2. The number of rotatable bonds is 10. The molecule has 0 heterocycles. The Labute approximate surface area is 217 Å². The number of carbonyl (C=O) groups excluding carboxylic acids is 1. The maximum absolute atomic E-state index is 14.1. The molecule has 0 radical (unpaired) electrons. The van der Waals surface area contributed by atoms with Gasteiger partial charge in [-0.3, -0.25) is 4.79 Å². The lowest BCUT2D eigenvalue weighted by molar-refractivity contribution is -0.121. The van der Waals surface area contributed by atoms with Crippen LogP contribution in [0.5, 0.6) is 0 Å². The van der Waals surface area contributed by atoms with Crippen molar-refractivity contribution in [2.45, 2.75) is 11.8 Å². The molecular formula is C29H26Br2N2O. The Morgan fingerprint density at radius 1 is 0.559 bits per heavy atom. The molecule has 172 valence electrons. The number of benzene rings is 4. The van der Waals surface area contributed by atoms with Crippen molar-refractivity contribution in [3.8, 4) is 0 Å². The molecule has 3 nitrogen and oxygen atoms in total. The van der Waals surface area contributed by atoms with E-state index in [4.69, 9.17) is 0 Å². The number of hydrogen-bond donors (Lipinski definition) is 2. The van der Waals surface area contributed by atoms with Crippen LogP contribution in [-0.2, 0) is 4.79 Å². The molecule has 0 aromatic heterocycles. The molecule has 2 N–H and O–H groups in total. The number of carbonyl (C=O) groups is 1. The molecular weight excluding hydrogens is 552 g/mol. The smallest absolute Gasteiger partial charge is 0.151 e. The molecule has 0 aliphatic heterocycles. The maximum atomic E-state index is 14.1. The summed E-state index contributed by atoms with van der Waals surface area (Å²) in [6.07, 6.45) is 0. The van der Waals surface area contributed by atoms with Crippen molar-refractivity contribution < 1.29 is 4.79 Å². The maximum Gasteiger partial charge on any atom is 0.151 e. The lowest BCUT2D eigenvalue weighted by atomic mass is 9.83. The molecule has 4 aromatic carbocycles. The van der Waals surface area contributed by atoms with E-state index in [9.17, 15) is 4.79 Å². The Kier molecular flexibility index (Phi) is 8.56. The van der Waals surface area contributed by atoms with Crippen molar-refractivity contribution in [3.63, 3.8) is 0 Å². The van der Waals surface area contributed by atoms with Gasteiger partial charge in [0.15, 0.2) is 5.78 Å². The Balaban J connectivity index is 1.60. The van der Waals surface area contributed by atoms with Gasteiger partial charge in [0.25, 0.3) is 0 Å². The fourth-order valence-corrected chi connectivity index (χ4v) is 4.48. The van der Waals surface area contributed by atoms with Crippen LogP contribution in [0.3, 0.4) is 0 Å². The first kappa shape index (κ1) is 24.2. The zero-order valence-corrected chi connectivity index (χ0v) is 21.8. The fourth-order valence-electron chi connectivity index (χ4n) is 3.95. The van der Waals surface area contributed by atoms with Gasteiger partial charge in [0.2, 0.25) is 0 Å². The van der Waals surface area contributed by atoms with E-state index in [0.717, 1.165) is 31.4 Å². The summed E-state index contributed by atoms with van der Waals surface area (Å²) in [5, 5.41) is 6.94. The van der Waals surface area contributed by atoms with E-state index in [2.05, 4.69) is 42.5 Å². The Hall–Kier alpha value is -2.89. The highest BCUT2D eigenvalue weighted by atomic mass is 79.9. The Morgan fingerprint density at radius 3 is 1.26 bits per heavy atom. The largest absolute Gasteiger partial charge is 0.384 e. The first-order valence-electron chi connectivity index (χ1n) is 11.2. The van der Waals surface area contributed by atoms with E-state index in [1.54, 1.807) is 0 Å². The number of anilines is 2. The molecule has 4 rings (SSSR count). The third kappa shape index (κ3) is 6.58. The monoisotopic (exact) mass is 576 g/mol. The van der Waals surface area contributed by atoms with Crippen molar-refractivity contribution in [2.24, 2.45) is 0 Å². The topological polar surface area (TPSA) is 41.1 Å². The van der Waals surface area contributed by atoms with Gasteiger partial charge in [-0.05, 0) is 59.7 Å². The molecule has 2 atom stereocenters. The average molecular weight is 578 g/mol. The molecule has 0 bridgehead atoms. The summed E-state index contributed by atoms with van der Waals surface area (Å²) in [5.74, 6) is -0.393. The molecule has 0 saturated heterocycles. The summed E-state index contributed by atoms with van der Waals surface area (Å²) in [6, 6.07) is 36.1. The van der Waals surface area contributed by atoms with Gasteiger partial charge in [-0.25, -0.2) is 0 Å². The summed E-state index contributed by atoms with van der Waals surface area (Å²) in [6.45, 7) is 1.04. The Bertz CT molecular complexity index is 1090. The van der Waals surface area contributed by atoms with Crippen LogP contribution in [-0.4, -0.2) is 18.9 Å². The van der Waals surface area contributed by atoms with Crippen LogP contribution >= 0.6 is 31.9 Å². The number of nitrogens with one attached hydrogen (secondary N) is 2. The lowest BCUT2D eigenvalue weighted by Crippen LogP contribution is -2.30. The van der Waals surface area contributed by atoms with Crippen molar-refractivity contribution in [2.75, 3.05) is 23.7 Å². The lowest BCUT2D eigenvalue weighted by Gasteiger charge is -2.25. The SMILES string of the molecule is O=C(C(CNc1ccc(Br)cc1)c1ccccc1)C(CNc1ccc(Br)cc1)c1ccccc1. The highest BCUT2D eigenvalue weighted by molar-refractivity contribution is 9.10. The minimum absolute atomic E-state index is 0.187. The van der Waals surface area contributed by atoms with E-state index in [1.165, 1.54) is 0 Å². The molecule has 0 amide bonds. The summed E-state index contributed by atoms with van der Waals surface area (Å²) < 4.78 is 2.05. The van der Waals surface area contributed by atoms with E-state index >= 15 is 0 Å². The Morgan fingerprint density at radius 2 is 0.912 bits per heavy atom. The predicted octanol–water partition coefficient (Wildman–Crippen LogP) is 7.87. The number of halogens is 2. The van der Waals surface area contributed by atoms with Crippen molar-refractivity contribution in [1.29, 1.82) is 0 Å². The summed E-state index contributed by atoms with van der Waals surface area (Å²) in [7, 11) is 0. The van der Waals surface area contributed by atoms with Gasteiger partial charge < -0.3 is 10.6 Å². The van der Waals surface area contributed by atoms with Crippen LogP contribution in [0.1, 0.15) is 23.0 Å². The van der Waals surface area contributed by atoms with E-state index in [-0.39, 0.29) is 17.6 Å². The van der Waals surface area contributed by atoms with Gasteiger partial charge in [0.05, 0.1) is 11.8 Å². The molecule has 0 aliphatic rings. The summed E-state index contributed by atoms with van der Waals surface area (Å²) in [5.41, 5.74) is 4.01. The first-order valence-corrected chi connectivity index (χ1v) is 12.8. The highest BCUT2D eigenvalue weighted by Crippen LogP contribution is 2.28. The third-order valence-corrected chi connectivity index (χ3v) is 6.86. The fraction of sp³-hybridized carbons (Fsp3) is 0.138. The second-order valence-corrected chi connectivity index (χ2v) is 9.94. The number of hydrogen-bond acceptors (Lipinski definition) is 3. The van der Waals surface area contributed by atoms with Gasteiger partial charge in [0, 0.05) is 33.4 Å². The predicted molar refractivity (Wildman–Crippen MR) is 149 cm³/mol. The summed E-state index contributed by atoms with van der Waals surface area (Å²) in [4.78, 5) is 14.1. The highest BCUT2D eigenvalue weighted by Gasteiger charge is 2.29. The molecule has 0 saturated carbocycles. The molecule has 0 aliphatic carbocycles. The number of Topliss-reactive ketones (excluding diaryl/α,β-unsaturated/α-hetero) is 1. The van der Waals surface area contributed by atoms with Gasteiger partial charge in [-0.15, -0.1) is 0 Å². The second-order valence-electron chi connectivity index (χ2n) is 8.10. The van der Waals surface area contributed by atoms with Crippen molar-refractivity contribution >= 4 is 49.0 Å². The van der Waals surface area contributed by atoms with Crippen molar-refractivity contribution in [1.82, 2.24) is 0 Å². The quantitative estimate of drug-likeness (QED) is 0.201. The molecule has 0 fully saturated rings. The molecule has 0 spiro atoms. The van der Waals surface area contributed by atoms with E-state index < -0.39 is 0 Å². The van der Waals surface area contributed by atoms with E-state index in [1.807, 2.05) is 109 Å². The molecule has 34 heavy (non-hydrogen) atoms. The number of ketones is 1. The first-order chi connectivity index (χ1) is 16.6. The third-order valence-electron chi connectivity index (χ3n) is 5.80. The summed E-state index contributed by atoms with van der Waals surface area (Å²) >= 11 is 6.96. The van der Waals surface area contributed by atoms with Gasteiger partial charge in [-0.1, -0.05) is 92.5 Å². The van der Waals surface area contributed by atoms with Crippen LogP contribution in [0.4, 0.5) is 11.4 Å². The van der Waals surface area contributed by atoms with E-state index in [0.29, 0.717) is 13.1 Å². The zero-order chi connectivity index (χ0) is 23.8. The van der Waals surface area contributed by atoms with Gasteiger partial charge in [0.1, 0.15) is 0 Å². The zero-order valence-electron chi connectivity index (χ0n) is 18.6. The van der Waals surface area contributed by atoms with Crippen LogP contribution in [0.15, 0.2) is 118 Å². The van der Waals surface area contributed by atoms with Crippen LogP contribution in [0.2, 0.25) is 0 Å². The van der Waals surface area contributed by atoms with Crippen LogP contribution < -0.4 is 10.6 Å². The van der Waals surface area contributed by atoms with Gasteiger partial charge in [-0.2, -0.15) is 0 Å². The van der Waals surface area contributed by atoms with Crippen LogP contribution in [0, 0.1) is 0 Å². The average Bonchev–Trinajstić information content (AvgIpc) is 2.88. The second kappa shape index (κ2) is 12.0. The minimum atomic E-state index is -0.290. The van der Waals surface area contributed by atoms with Crippen molar-refractivity contribution in [3.05, 3.63) is 129 Å². The molecule has 5 heteroatoms. The van der Waals surface area contributed by atoms with Gasteiger partial charge >= 0.3 is 0 Å². The van der Waals surface area contributed by atoms with Crippen LogP contribution in [0.25, 0.3) is 0 Å². The normalized spacial score (nSPS) is 12.5. The molecule has 4 aromatic rings. The minimum Gasteiger partial charge on any atom is -0.384 e. The molecule has 2 unspecified atom stereocenters.